The van der Waals surface area contributed by atoms with Crippen molar-refractivity contribution in [1.29, 1.82) is 0 Å². The number of rotatable bonds is 4. The van der Waals surface area contributed by atoms with Gasteiger partial charge in [0.2, 0.25) is 0 Å². The Kier molecular flexibility index (Phi) is 4.42. The number of H-pyrrole nitrogens is 1. The van der Waals surface area contributed by atoms with Gasteiger partial charge < -0.3 is 9.55 Å². The number of hydrogen-bond acceptors (Lipinski definition) is 5. The average molecular weight is 383 g/mol. The second-order valence-electron chi connectivity index (χ2n) is 6.20. The van der Waals surface area contributed by atoms with E-state index < -0.39 is 0 Å². The van der Waals surface area contributed by atoms with E-state index in [1.54, 1.807) is 29.3 Å². The fraction of sp³-hybridized carbons (Fsp3) is 0.211. The molecule has 0 amide bonds. The van der Waals surface area contributed by atoms with E-state index in [2.05, 4.69) is 41.2 Å². The largest absolute Gasteiger partial charge is 0.329 e. The minimum Gasteiger partial charge on any atom is -0.329 e. The van der Waals surface area contributed by atoms with Gasteiger partial charge in [-0.05, 0) is 19.4 Å². The van der Waals surface area contributed by atoms with Gasteiger partial charge in [0.15, 0.2) is 5.16 Å². The lowest BCUT2D eigenvalue weighted by molar-refractivity contribution is 0.789. The second-order valence-corrected chi connectivity index (χ2v) is 8.35. The summed E-state index contributed by atoms with van der Waals surface area (Å²) in [6.45, 7) is 4.10. The third kappa shape index (κ3) is 3.08. The molecule has 0 aliphatic carbocycles. The van der Waals surface area contributed by atoms with Crippen molar-refractivity contribution >= 4 is 33.3 Å². The predicted molar refractivity (Wildman–Crippen MR) is 108 cm³/mol. The van der Waals surface area contributed by atoms with Crippen molar-refractivity contribution in [2.45, 2.75) is 24.8 Å². The summed E-state index contributed by atoms with van der Waals surface area (Å²) in [6, 6.07) is 8.26. The zero-order valence-electron chi connectivity index (χ0n) is 14.7. The number of thiophene rings is 1. The first kappa shape index (κ1) is 17.1. The highest BCUT2D eigenvalue weighted by Gasteiger charge is 2.16. The van der Waals surface area contributed by atoms with E-state index >= 15 is 0 Å². The van der Waals surface area contributed by atoms with E-state index in [0.29, 0.717) is 17.0 Å². The third-order valence-electron chi connectivity index (χ3n) is 4.24. The van der Waals surface area contributed by atoms with Gasteiger partial charge in [-0.1, -0.05) is 41.6 Å². The summed E-state index contributed by atoms with van der Waals surface area (Å²) in [5.41, 5.74) is 3.17. The normalized spacial score (nSPS) is 11.3. The van der Waals surface area contributed by atoms with E-state index in [9.17, 15) is 4.79 Å². The third-order valence-corrected chi connectivity index (χ3v) is 6.31. The Hall–Kier alpha value is -2.38. The van der Waals surface area contributed by atoms with Gasteiger partial charge in [0.1, 0.15) is 10.7 Å². The van der Waals surface area contributed by atoms with Gasteiger partial charge in [0.25, 0.3) is 5.56 Å². The Morgan fingerprint density at radius 3 is 2.69 bits per heavy atom. The number of hydrogen-bond donors (Lipinski definition) is 1. The molecule has 0 atom stereocenters. The van der Waals surface area contributed by atoms with Crippen LogP contribution in [-0.4, -0.2) is 19.5 Å². The molecule has 5 nitrogen and oxygen atoms in total. The standard InChI is InChI=1S/C19H18N4OS2/c1-11-4-6-13(7-5-11)15-12(2)26-18-16(15)17(24)21-14(22-18)10-25-19-20-8-9-23(19)3/h4-9H,10H2,1-3H3,(H,21,22,24). The van der Waals surface area contributed by atoms with Crippen molar-refractivity contribution in [1.82, 2.24) is 19.5 Å². The number of aromatic amines is 1. The van der Waals surface area contributed by atoms with Gasteiger partial charge in [-0.15, -0.1) is 11.3 Å². The van der Waals surface area contributed by atoms with Crippen molar-refractivity contribution in [3.63, 3.8) is 0 Å². The Bertz CT molecular complexity index is 1140. The van der Waals surface area contributed by atoms with Crippen LogP contribution in [0.15, 0.2) is 46.6 Å². The first-order valence-corrected chi connectivity index (χ1v) is 10.0. The molecular formula is C19H18N4OS2. The summed E-state index contributed by atoms with van der Waals surface area (Å²) in [5.74, 6) is 1.25. The second kappa shape index (κ2) is 6.74. The van der Waals surface area contributed by atoms with E-state index in [1.807, 2.05) is 24.7 Å². The molecule has 4 rings (SSSR count). The lowest BCUT2D eigenvalue weighted by Gasteiger charge is -2.04. The molecule has 7 heteroatoms. The number of aryl methyl sites for hydroxylation is 3. The molecule has 0 unspecified atom stereocenters. The summed E-state index contributed by atoms with van der Waals surface area (Å²) in [7, 11) is 1.95. The fourth-order valence-electron chi connectivity index (χ4n) is 2.92. The Morgan fingerprint density at radius 1 is 1.23 bits per heavy atom. The first-order chi connectivity index (χ1) is 12.5. The molecule has 0 aliphatic rings. The number of benzene rings is 1. The van der Waals surface area contributed by atoms with E-state index in [4.69, 9.17) is 4.98 Å². The molecule has 1 N–H and O–H groups in total. The van der Waals surface area contributed by atoms with Gasteiger partial charge in [-0.2, -0.15) is 0 Å². The summed E-state index contributed by atoms with van der Waals surface area (Å²) < 4.78 is 1.95. The van der Waals surface area contributed by atoms with Gasteiger partial charge in [-0.25, -0.2) is 9.97 Å². The maximum atomic E-state index is 12.8. The van der Waals surface area contributed by atoms with E-state index in [1.165, 1.54) is 5.56 Å². The van der Waals surface area contributed by atoms with Gasteiger partial charge in [0, 0.05) is 29.9 Å². The molecule has 0 spiro atoms. The minimum atomic E-state index is -0.0784. The molecule has 0 saturated carbocycles. The smallest absolute Gasteiger partial charge is 0.260 e. The number of aromatic nitrogens is 4. The minimum absolute atomic E-state index is 0.0784. The van der Waals surface area contributed by atoms with Crippen molar-refractivity contribution in [3.8, 4) is 11.1 Å². The average Bonchev–Trinajstić information content (AvgIpc) is 3.16. The number of imidazole rings is 1. The van der Waals surface area contributed by atoms with Crippen molar-refractivity contribution in [2.24, 2.45) is 7.05 Å². The highest BCUT2D eigenvalue weighted by atomic mass is 32.2. The summed E-state index contributed by atoms with van der Waals surface area (Å²) in [4.78, 5) is 26.6. The molecule has 0 saturated heterocycles. The summed E-state index contributed by atoms with van der Waals surface area (Å²) in [6.07, 6.45) is 3.66. The molecule has 1 aromatic carbocycles. The van der Waals surface area contributed by atoms with Crippen LogP contribution in [0.4, 0.5) is 0 Å². The maximum Gasteiger partial charge on any atom is 0.260 e. The van der Waals surface area contributed by atoms with Gasteiger partial charge in [-0.3, -0.25) is 4.79 Å². The molecule has 0 fully saturated rings. The van der Waals surface area contributed by atoms with Crippen LogP contribution in [0.2, 0.25) is 0 Å². The van der Waals surface area contributed by atoms with Crippen LogP contribution < -0.4 is 5.56 Å². The van der Waals surface area contributed by atoms with Gasteiger partial charge in [0.05, 0.1) is 11.1 Å². The zero-order valence-corrected chi connectivity index (χ0v) is 16.4. The fourth-order valence-corrected chi connectivity index (χ4v) is 4.79. The first-order valence-electron chi connectivity index (χ1n) is 8.22. The van der Waals surface area contributed by atoms with Crippen LogP contribution in [0.25, 0.3) is 21.3 Å². The molecule has 26 heavy (non-hydrogen) atoms. The molecule has 132 valence electrons. The summed E-state index contributed by atoms with van der Waals surface area (Å²) >= 11 is 3.13. The Balaban J connectivity index is 1.73. The number of nitrogens with zero attached hydrogens (tertiary/aromatic N) is 3. The molecule has 0 aliphatic heterocycles. The van der Waals surface area contributed by atoms with Crippen LogP contribution >= 0.6 is 23.1 Å². The van der Waals surface area contributed by atoms with Crippen molar-refractivity contribution in [3.05, 3.63) is 63.3 Å². The zero-order chi connectivity index (χ0) is 18.3. The maximum absolute atomic E-state index is 12.8. The number of nitrogens with one attached hydrogen (secondary N) is 1. The van der Waals surface area contributed by atoms with Crippen molar-refractivity contribution in [2.75, 3.05) is 0 Å². The van der Waals surface area contributed by atoms with Crippen LogP contribution in [0.1, 0.15) is 16.3 Å². The summed E-state index contributed by atoms with van der Waals surface area (Å²) in [5, 5.41) is 1.58. The predicted octanol–water partition coefficient (Wildman–Crippen LogP) is 4.29. The SMILES string of the molecule is Cc1ccc(-c2c(C)sc3nc(CSc4nccn4C)[nH]c(=O)c23)cc1. The molecular weight excluding hydrogens is 364 g/mol. The van der Waals surface area contributed by atoms with Crippen LogP contribution in [0, 0.1) is 13.8 Å². The van der Waals surface area contributed by atoms with Crippen LogP contribution in [0.3, 0.4) is 0 Å². The number of fused-ring (bicyclic) bond motifs is 1. The quantitative estimate of drug-likeness (QED) is 0.535. The lowest BCUT2D eigenvalue weighted by Crippen LogP contribution is -2.11. The molecule has 0 bridgehead atoms. The highest BCUT2D eigenvalue weighted by molar-refractivity contribution is 7.98. The topological polar surface area (TPSA) is 63.6 Å². The van der Waals surface area contributed by atoms with Crippen LogP contribution in [0.5, 0.6) is 0 Å². The van der Waals surface area contributed by atoms with E-state index in [-0.39, 0.29) is 5.56 Å². The molecule has 3 aromatic heterocycles. The van der Waals surface area contributed by atoms with Crippen molar-refractivity contribution < 1.29 is 0 Å². The Labute approximate surface area is 159 Å². The number of thioether (sulfide) groups is 1. The van der Waals surface area contributed by atoms with Gasteiger partial charge >= 0.3 is 0 Å². The Morgan fingerprint density at radius 2 is 2.00 bits per heavy atom. The monoisotopic (exact) mass is 382 g/mol. The van der Waals surface area contributed by atoms with Crippen LogP contribution in [-0.2, 0) is 12.8 Å². The lowest BCUT2D eigenvalue weighted by atomic mass is 10.0. The molecule has 3 heterocycles. The van der Waals surface area contributed by atoms with E-state index in [0.717, 1.165) is 26.0 Å². The highest BCUT2D eigenvalue weighted by Crippen LogP contribution is 2.35. The molecule has 4 aromatic rings. The molecule has 0 radical (unpaired) electrons.